The van der Waals surface area contributed by atoms with Crippen LogP contribution in [-0.4, -0.2) is 9.13 Å². The molecule has 0 bridgehead atoms. The molecule has 0 atom stereocenters. The molecule has 64 heavy (non-hydrogen) atoms. The number of fused-ring (bicyclic) bond motifs is 11. The van der Waals surface area contributed by atoms with E-state index in [1.807, 2.05) is 0 Å². The Kier molecular flexibility index (Phi) is 7.43. The van der Waals surface area contributed by atoms with E-state index >= 15 is 0 Å². The van der Waals surface area contributed by atoms with Gasteiger partial charge in [0, 0.05) is 38.3 Å². The average Bonchev–Trinajstić information content (AvgIpc) is 4.00. The Hall–Kier alpha value is -8.46. The topological polar surface area (TPSA) is 9.86 Å². The summed E-state index contributed by atoms with van der Waals surface area (Å²) in [4.78, 5) is 0. The van der Waals surface area contributed by atoms with Crippen molar-refractivity contribution in [2.24, 2.45) is 0 Å². The maximum atomic E-state index is 2.47. The first-order valence-corrected chi connectivity index (χ1v) is 22.2. The van der Waals surface area contributed by atoms with Crippen molar-refractivity contribution in [3.05, 3.63) is 231 Å². The van der Waals surface area contributed by atoms with Crippen LogP contribution in [0.1, 0.15) is 0 Å². The monoisotopic (exact) mass is 810 g/mol. The summed E-state index contributed by atoms with van der Waals surface area (Å²) in [5, 5.41) is 10.2. The zero-order valence-corrected chi connectivity index (χ0v) is 34.8. The molecular weight excluding hydrogens is 773 g/mol. The molecule has 2 nitrogen and oxygen atoms in total. The Morgan fingerprint density at radius 3 is 1.59 bits per heavy atom. The largest absolute Gasteiger partial charge is 0.309 e. The molecular formula is C62H38N2. The fourth-order valence-corrected chi connectivity index (χ4v) is 10.9. The van der Waals surface area contributed by atoms with Crippen molar-refractivity contribution >= 4 is 65.2 Å². The molecule has 14 rings (SSSR count). The molecule has 296 valence electrons. The summed E-state index contributed by atoms with van der Waals surface area (Å²) in [6.07, 6.45) is 0. The van der Waals surface area contributed by atoms with Gasteiger partial charge in [0.1, 0.15) is 0 Å². The van der Waals surface area contributed by atoms with Gasteiger partial charge in [0.2, 0.25) is 0 Å². The second kappa shape index (κ2) is 13.5. The smallest absolute Gasteiger partial charge is 0.0619 e. The summed E-state index contributed by atoms with van der Waals surface area (Å²) in [7, 11) is 0. The van der Waals surface area contributed by atoms with Crippen molar-refractivity contribution in [2.45, 2.75) is 0 Å². The zero-order chi connectivity index (χ0) is 41.9. The minimum Gasteiger partial charge on any atom is -0.309 e. The molecule has 2 aromatic heterocycles. The van der Waals surface area contributed by atoms with Crippen molar-refractivity contribution < 1.29 is 0 Å². The summed E-state index contributed by atoms with van der Waals surface area (Å²) in [5.41, 5.74) is 19.7. The average molecular weight is 811 g/mol. The minimum atomic E-state index is 1.15. The van der Waals surface area contributed by atoms with E-state index in [1.54, 1.807) is 0 Å². The predicted molar refractivity (Wildman–Crippen MR) is 271 cm³/mol. The van der Waals surface area contributed by atoms with E-state index in [0.717, 1.165) is 5.69 Å². The second-order valence-corrected chi connectivity index (χ2v) is 17.3. The molecule has 0 N–H and O–H groups in total. The summed E-state index contributed by atoms with van der Waals surface area (Å²) < 4.78 is 4.86. The lowest BCUT2D eigenvalue weighted by molar-refractivity contribution is 1.18. The molecule has 0 aliphatic heterocycles. The van der Waals surface area contributed by atoms with E-state index in [1.165, 1.54) is 126 Å². The molecule has 0 saturated carbocycles. The fraction of sp³-hybridized carbons (Fsp3) is 0. The Morgan fingerprint density at radius 1 is 0.234 bits per heavy atom. The van der Waals surface area contributed by atoms with Crippen LogP contribution in [0.2, 0.25) is 0 Å². The van der Waals surface area contributed by atoms with Crippen LogP contribution in [0.15, 0.2) is 231 Å². The van der Waals surface area contributed by atoms with E-state index in [9.17, 15) is 0 Å². The fourth-order valence-electron chi connectivity index (χ4n) is 10.9. The Morgan fingerprint density at radius 2 is 0.781 bits per heavy atom. The molecule has 0 spiro atoms. The maximum Gasteiger partial charge on any atom is 0.0619 e. The first kappa shape index (κ1) is 35.2. The molecule has 0 unspecified atom stereocenters. The quantitative estimate of drug-likeness (QED) is 0.164. The number of benzene rings is 11. The molecule has 0 radical (unpaired) electrons. The number of rotatable bonds is 5. The third-order valence-corrected chi connectivity index (χ3v) is 13.9. The first-order valence-electron chi connectivity index (χ1n) is 22.2. The number of para-hydroxylation sites is 2. The van der Waals surface area contributed by atoms with E-state index in [0.29, 0.717) is 0 Å². The highest BCUT2D eigenvalue weighted by Crippen LogP contribution is 2.48. The lowest BCUT2D eigenvalue weighted by atomic mass is 9.96. The van der Waals surface area contributed by atoms with Gasteiger partial charge in [-0.2, -0.15) is 0 Å². The molecule has 11 aromatic carbocycles. The van der Waals surface area contributed by atoms with Crippen molar-refractivity contribution in [3.63, 3.8) is 0 Å². The van der Waals surface area contributed by atoms with Gasteiger partial charge in [-0.05, 0) is 126 Å². The van der Waals surface area contributed by atoms with E-state index in [2.05, 4.69) is 240 Å². The van der Waals surface area contributed by atoms with Gasteiger partial charge in [-0.15, -0.1) is 0 Å². The van der Waals surface area contributed by atoms with Crippen molar-refractivity contribution in [1.82, 2.24) is 9.13 Å². The van der Waals surface area contributed by atoms with Crippen molar-refractivity contribution in [3.8, 4) is 67.0 Å². The summed E-state index contributed by atoms with van der Waals surface area (Å²) in [5.74, 6) is 0. The Labute approximate surface area is 370 Å². The molecule has 13 aromatic rings. The van der Waals surface area contributed by atoms with E-state index in [4.69, 9.17) is 0 Å². The second-order valence-electron chi connectivity index (χ2n) is 17.3. The molecule has 1 aliphatic rings. The van der Waals surface area contributed by atoms with Gasteiger partial charge in [-0.25, -0.2) is 0 Å². The standard InChI is InChI=1S/C62H38N2/c1-2-13-47(14-3-1)63-58-19-7-6-16-51(58)52-33-28-46(38-60(52)63)45-29-35-59-57(37-45)55-34-26-42-10-4-5-15-49(42)62(55)64(59)48-30-24-40(25-31-48)39-20-22-41(23-21-39)44-27-32-50-53-17-8-11-43-12-9-18-54(61(43)53)56(50)36-44/h1-38H. The van der Waals surface area contributed by atoms with Crippen LogP contribution in [0.4, 0.5) is 0 Å². The lowest BCUT2D eigenvalue weighted by Crippen LogP contribution is -1.95. The Balaban J connectivity index is 0.848. The molecule has 0 amide bonds. The van der Waals surface area contributed by atoms with Crippen LogP contribution in [-0.2, 0) is 0 Å². The third kappa shape index (κ3) is 5.14. The van der Waals surface area contributed by atoms with Crippen LogP contribution in [0.3, 0.4) is 0 Å². The van der Waals surface area contributed by atoms with Gasteiger partial charge in [0.25, 0.3) is 0 Å². The van der Waals surface area contributed by atoms with E-state index in [-0.39, 0.29) is 0 Å². The number of hydrogen-bond acceptors (Lipinski definition) is 0. The van der Waals surface area contributed by atoms with Gasteiger partial charge in [0.05, 0.1) is 22.1 Å². The third-order valence-electron chi connectivity index (χ3n) is 13.9. The van der Waals surface area contributed by atoms with Crippen LogP contribution in [0.25, 0.3) is 132 Å². The summed E-state index contributed by atoms with van der Waals surface area (Å²) in [6.45, 7) is 0. The molecule has 0 saturated heterocycles. The van der Waals surface area contributed by atoms with Gasteiger partial charge in [-0.1, -0.05) is 176 Å². The number of hydrogen-bond donors (Lipinski definition) is 0. The van der Waals surface area contributed by atoms with Gasteiger partial charge < -0.3 is 9.13 Å². The van der Waals surface area contributed by atoms with Gasteiger partial charge >= 0.3 is 0 Å². The first-order chi connectivity index (χ1) is 31.7. The van der Waals surface area contributed by atoms with Crippen LogP contribution in [0.5, 0.6) is 0 Å². The van der Waals surface area contributed by atoms with Crippen molar-refractivity contribution in [1.29, 1.82) is 0 Å². The van der Waals surface area contributed by atoms with Gasteiger partial charge in [0.15, 0.2) is 0 Å². The highest BCUT2D eigenvalue weighted by molar-refractivity contribution is 6.20. The number of nitrogens with zero attached hydrogens (tertiary/aromatic N) is 2. The molecule has 2 heteroatoms. The van der Waals surface area contributed by atoms with Crippen molar-refractivity contribution in [2.75, 3.05) is 0 Å². The highest BCUT2D eigenvalue weighted by Gasteiger charge is 2.22. The van der Waals surface area contributed by atoms with Crippen LogP contribution in [0, 0.1) is 0 Å². The maximum absolute atomic E-state index is 2.47. The molecule has 2 heterocycles. The summed E-state index contributed by atoms with van der Waals surface area (Å²) >= 11 is 0. The zero-order valence-electron chi connectivity index (χ0n) is 34.8. The highest BCUT2D eigenvalue weighted by atomic mass is 15.0. The summed E-state index contributed by atoms with van der Waals surface area (Å²) in [6, 6.07) is 85.2. The van der Waals surface area contributed by atoms with Crippen LogP contribution >= 0.6 is 0 Å². The lowest BCUT2D eigenvalue weighted by Gasteiger charge is -2.12. The van der Waals surface area contributed by atoms with Gasteiger partial charge in [-0.3, -0.25) is 0 Å². The molecule has 1 aliphatic carbocycles. The SMILES string of the molecule is c1ccc(-n2c3ccccc3c3ccc(-c4ccc5c(c4)c4ccc6ccccc6c4n5-c4ccc(-c5ccc(-c6ccc7c(c6)-c6cccc8cccc-7c68)cc5)cc4)cc32)cc1. The number of aromatic nitrogens is 2. The molecule has 0 fully saturated rings. The normalized spacial score (nSPS) is 12.1. The van der Waals surface area contributed by atoms with Crippen LogP contribution < -0.4 is 0 Å². The minimum absolute atomic E-state index is 1.15. The van der Waals surface area contributed by atoms with E-state index < -0.39 is 0 Å². The Bertz CT molecular complexity index is 4030. The predicted octanol–water partition coefficient (Wildman–Crippen LogP) is 16.8.